The summed E-state index contributed by atoms with van der Waals surface area (Å²) in [5.74, 6) is 0. The second-order valence-corrected chi connectivity index (χ2v) is 3.25. The summed E-state index contributed by atoms with van der Waals surface area (Å²) in [5.41, 5.74) is -0.0653. The van der Waals surface area contributed by atoms with E-state index >= 15 is 0 Å². The fraction of sp³-hybridized carbons (Fsp3) is 0.333. The average molecular weight is 260 g/mol. The molecule has 1 nitrogen and oxygen atoms in total. The molecular formula is C9H10Cl2F3N. The van der Waals surface area contributed by atoms with Crippen LogP contribution in [0.4, 0.5) is 13.2 Å². The molecule has 0 bridgehead atoms. The molecule has 1 rings (SSSR count). The van der Waals surface area contributed by atoms with Crippen molar-refractivity contribution in [3.8, 4) is 0 Å². The number of hydrogen-bond acceptors (Lipinski definition) is 1. The third-order valence-corrected chi connectivity index (χ3v) is 2.03. The third-order valence-electron chi connectivity index (χ3n) is 1.72. The fourth-order valence-corrected chi connectivity index (χ4v) is 1.41. The highest BCUT2D eigenvalue weighted by molar-refractivity contribution is 6.31. The zero-order chi connectivity index (χ0) is 10.8. The summed E-state index contributed by atoms with van der Waals surface area (Å²) in [7, 11) is 1.71. The van der Waals surface area contributed by atoms with Crippen LogP contribution in [0.1, 0.15) is 11.1 Å². The molecule has 0 saturated heterocycles. The zero-order valence-electron chi connectivity index (χ0n) is 7.86. The van der Waals surface area contributed by atoms with Crippen molar-refractivity contribution in [2.75, 3.05) is 7.05 Å². The van der Waals surface area contributed by atoms with Crippen LogP contribution in [0.3, 0.4) is 0 Å². The van der Waals surface area contributed by atoms with Gasteiger partial charge in [0.25, 0.3) is 0 Å². The fourth-order valence-electron chi connectivity index (χ4n) is 1.10. The number of benzene rings is 1. The van der Waals surface area contributed by atoms with Gasteiger partial charge in [-0.15, -0.1) is 12.4 Å². The largest absolute Gasteiger partial charge is 0.417 e. The van der Waals surface area contributed by atoms with E-state index < -0.39 is 11.7 Å². The normalized spacial score (nSPS) is 11.0. The number of nitrogens with one attached hydrogen (secondary N) is 1. The topological polar surface area (TPSA) is 12.0 Å². The van der Waals surface area contributed by atoms with Gasteiger partial charge in [-0.3, -0.25) is 0 Å². The molecule has 0 heterocycles. The molecule has 0 amide bonds. The molecule has 1 N–H and O–H groups in total. The van der Waals surface area contributed by atoms with Crippen molar-refractivity contribution in [1.29, 1.82) is 0 Å². The van der Waals surface area contributed by atoms with Crippen LogP contribution >= 0.6 is 24.0 Å². The van der Waals surface area contributed by atoms with Gasteiger partial charge < -0.3 is 5.32 Å². The van der Waals surface area contributed by atoms with Gasteiger partial charge in [-0.2, -0.15) is 13.2 Å². The first-order chi connectivity index (χ1) is 6.45. The molecular weight excluding hydrogens is 250 g/mol. The molecule has 1 aromatic rings. The first-order valence-electron chi connectivity index (χ1n) is 3.95. The molecule has 0 aliphatic heterocycles. The lowest BCUT2D eigenvalue weighted by Gasteiger charge is -2.09. The second-order valence-electron chi connectivity index (χ2n) is 2.84. The van der Waals surface area contributed by atoms with Gasteiger partial charge in [0.1, 0.15) is 0 Å². The van der Waals surface area contributed by atoms with Crippen molar-refractivity contribution in [2.24, 2.45) is 0 Å². The molecule has 0 aliphatic rings. The number of hydrogen-bond donors (Lipinski definition) is 1. The molecule has 15 heavy (non-hydrogen) atoms. The minimum atomic E-state index is -4.38. The standard InChI is InChI=1S/C9H9ClF3N.ClH/c1-14-5-6-2-3-7(8(10)4-6)9(11,12)13;/h2-4,14H,5H2,1H3;1H. The Morgan fingerprint density at radius 1 is 1.33 bits per heavy atom. The number of alkyl halides is 3. The van der Waals surface area contributed by atoms with Crippen molar-refractivity contribution in [3.63, 3.8) is 0 Å². The quantitative estimate of drug-likeness (QED) is 0.858. The SMILES string of the molecule is CNCc1ccc(C(F)(F)F)c(Cl)c1.Cl. The van der Waals surface area contributed by atoms with Gasteiger partial charge in [0.2, 0.25) is 0 Å². The van der Waals surface area contributed by atoms with E-state index in [-0.39, 0.29) is 17.4 Å². The molecule has 0 aromatic heterocycles. The highest BCUT2D eigenvalue weighted by atomic mass is 35.5. The molecule has 0 atom stereocenters. The van der Waals surface area contributed by atoms with E-state index in [1.54, 1.807) is 7.05 Å². The van der Waals surface area contributed by atoms with Crippen LogP contribution in [0.2, 0.25) is 5.02 Å². The highest BCUT2D eigenvalue weighted by Crippen LogP contribution is 2.34. The van der Waals surface area contributed by atoms with Gasteiger partial charge in [0.05, 0.1) is 10.6 Å². The van der Waals surface area contributed by atoms with E-state index in [0.717, 1.165) is 11.6 Å². The number of halogens is 5. The second kappa shape index (κ2) is 5.58. The lowest BCUT2D eigenvalue weighted by atomic mass is 10.1. The Bertz CT molecular complexity index is 326. The van der Waals surface area contributed by atoms with E-state index in [2.05, 4.69) is 5.32 Å². The molecule has 0 saturated carbocycles. The molecule has 0 unspecified atom stereocenters. The summed E-state index contributed by atoms with van der Waals surface area (Å²) in [5, 5.41) is 2.57. The first-order valence-corrected chi connectivity index (χ1v) is 4.33. The maximum absolute atomic E-state index is 12.3. The Morgan fingerprint density at radius 2 is 1.93 bits per heavy atom. The molecule has 1 aromatic carbocycles. The molecule has 0 aliphatic carbocycles. The summed E-state index contributed by atoms with van der Waals surface area (Å²) < 4.78 is 36.8. The van der Waals surface area contributed by atoms with Crippen LogP contribution in [-0.4, -0.2) is 7.05 Å². The average Bonchev–Trinajstić information content (AvgIpc) is 2.02. The van der Waals surface area contributed by atoms with Crippen molar-refractivity contribution in [1.82, 2.24) is 5.32 Å². The highest BCUT2D eigenvalue weighted by Gasteiger charge is 2.32. The van der Waals surface area contributed by atoms with Gasteiger partial charge in [-0.1, -0.05) is 17.7 Å². The summed E-state index contributed by atoms with van der Waals surface area (Å²) in [4.78, 5) is 0. The minimum Gasteiger partial charge on any atom is -0.316 e. The van der Waals surface area contributed by atoms with Gasteiger partial charge in [-0.25, -0.2) is 0 Å². The van der Waals surface area contributed by atoms with E-state index in [4.69, 9.17) is 11.6 Å². The van der Waals surface area contributed by atoms with Crippen molar-refractivity contribution < 1.29 is 13.2 Å². The summed E-state index contributed by atoms with van der Waals surface area (Å²) in [6.45, 7) is 0.498. The van der Waals surface area contributed by atoms with E-state index in [1.807, 2.05) is 0 Å². The van der Waals surface area contributed by atoms with E-state index in [0.29, 0.717) is 6.54 Å². The van der Waals surface area contributed by atoms with Crippen LogP contribution in [0.15, 0.2) is 18.2 Å². The molecule has 0 fully saturated rings. The predicted octanol–water partition coefficient (Wildman–Crippen LogP) is 3.50. The Balaban J connectivity index is 0.00000196. The van der Waals surface area contributed by atoms with E-state index in [9.17, 15) is 13.2 Å². The van der Waals surface area contributed by atoms with Crippen LogP contribution in [-0.2, 0) is 12.7 Å². The smallest absolute Gasteiger partial charge is 0.316 e. The molecule has 0 radical (unpaired) electrons. The first kappa shape index (κ1) is 14.5. The lowest BCUT2D eigenvalue weighted by Crippen LogP contribution is -2.08. The van der Waals surface area contributed by atoms with Crippen LogP contribution < -0.4 is 5.32 Å². The van der Waals surface area contributed by atoms with Gasteiger partial charge in [0.15, 0.2) is 0 Å². The Hall–Kier alpha value is -0.450. The minimum absolute atomic E-state index is 0. The van der Waals surface area contributed by atoms with Crippen LogP contribution in [0.5, 0.6) is 0 Å². The third kappa shape index (κ3) is 3.89. The molecule has 6 heteroatoms. The Kier molecular flexibility index (Phi) is 5.42. The molecule has 86 valence electrons. The van der Waals surface area contributed by atoms with Crippen molar-refractivity contribution >= 4 is 24.0 Å². The Morgan fingerprint density at radius 3 is 2.33 bits per heavy atom. The van der Waals surface area contributed by atoms with Gasteiger partial charge in [0, 0.05) is 6.54 Å². The summed E-state index contributed by atoms with van der Waals surface area (Å²) in [6.07, 6.45) is -4.38. The maximum atomic E-state index is 12.3. The summed E-state index contributed by atoms with van der Waals surface area (Å²) in [6, 6.07) is 3.72. The Labute approximate surface area is 97.0 Å². The number of rotatable bonds is 2. The predicted molar refractivity (Wildman–Crippen MR) is 56.5 cm³/mol. The monoisotopic (exact) mass is 259 g/mol. The van der Waals surface area contributed by atoms with Gasteiger partial charge >= 0.3 is 6.18 Å². The maximum Gasteiger partial charge on any atom is 0.417 e. The van der Waals surface area contributed by atoms with E-state index in [1.165, 1.54) is 12.1 Å². The van der Waals surface area contributed by atoms with Crippen LogP contribution in [0.25, 0.3) is 0 Å². The van der Waals surface area contributed by atoms with Gasteiger partial charge in [-0.05, 0) is 24.7 Å². The van der Waals surface area contributed by atoms with Crippen molar-refractivity contribution in [3.05, 3.63) is 34.3 Å². The molecule has 0 spiro atoms. The lowest BCUT2D eigenvalue weighted by molar-refractivity contribution is -0.137. The van der Waals surface area contributed by atoms with Crippen molar-refractivity contribution in [2.45, 2.75) is 12.7 Å². The zero-order valence-corrected chi connectivity index (χ0v) is 9.43. The summed E-state index contributed by atoms with van der Waals surface area (Å²) >= 11 is 5.50. The van der Waals surface area contributed by atoms with Crippen LogP contribution in [0, 0.1) is 0 Å².